The first-order chi connectivity index (χ1) is 9.95. The fraction of sp³-hybridized carbons (Fsp3) is 0.235. The van der Waals surface area contributed by atoms with E-state index in [2.05, 4.69) is 4.99 Å². The van der Waals surface area contributed by atoms with Gasteiger partial charge in [-0.25, -0.2) is 0 Å². The van der Waals surface area contributed by atoms with Crippen molar-refractivity contribution in [2.24, 2.45) is 4.99 Å². The third-order valence-electron chi connectivity index (χ3n) is 3.77. The van der Waals surface area contributed by atoms with Gasteiger partial charge < -0.3 is 0 Å². The van der Waals surface area contributed by atoms with E-state index in [1.54, 1.807) is 13.0 Å². The summed E-state index contributed by atoms with van der Waals surface area (Å²) in [6.45, 7) is 1.77. The summed E-state index contributed by atoms with van der Waals surface area (Å²) in [5, 5.41) is 0. The molecule has 1 heterocycles. The van der Waals surface area contributed by atoms with Crippen LogP contribution in [0.25, 0.3) is 0 Å². The van der Waals surface area contributed by atoms with E-state index >= 15 is 0 Å². The monoisotopic (exact) mass is 289 g/mol. The first kappa shape index (κ1) is 13.9. The maximum Gasteiger partial charge on any atom is 0.416 e. The quantitative estimate of drug-likeness (QED) is 0.714. The highest BCUT2D eigenvalue weighted by Gasteiger charge is 2.32. The molecule has 2 aromatic rings. The minimum atomic E-state index is -4.31. The van der Waals surface area contributed by atoms with Gasteiger partial charge in [0, 0.05) is 5.71 Å². The number of alkyl halides is 3. The molecule has 0 spiro atoms. The van der Waals surface area contributed by atoms with Gasteiger partial charge in [-0.1, -0.05) is 36.4 Å². The van der Waals surface area contributed by atoms with E-state index in [9.17, 15) is 13.2 Å². The van der Waals surface area contributed by atoms with Crippen LogP contribution < -0.4 is 0 Å². The topological polar surface area (TPSA) is 12.4 Å². The zero-order valence-corrected chi connectivity index (χ0v) is 11.5. The van der Waals surface area contributed by atoms with Crippen LogP contribution in [-0.2, 0) is 12.6 Å². The van der Waals surface area contributed by atoms with Gasteiger partial charge in [-0.2, -0.15) is 13.2 Å². The third-order valence-corrected chi connectivity index (χ3v) is 3.77. The number of halogens is 3. The van der Waals surface area contributed by atoms with E-state index < -0.39 is 11.7 Å². The highest BCUT2D eigenvalue weighted by atomic mass is 19.4. The number of rotatable bonds is 1. The Labute approximate surface area is 121 Å². The van der Waals surface area contributed by atoms with Crippen molar-refractivity contribution in [3.8, 4) is 0 Å². The molecule has 4 heteroatoms. The summed E-state index contributed by atoms with van der Waals surface area (Å²) < 4.78 is 38.4. The van der Waals surface area contributed by atoms with Crippen molar-refractivity contribution < 1.29 is 13.2 Å². The Balaban J connectivity index is 1.99. The van der Waals surface area contributed by atoms with E-state index in [1.165, 1.54) is 6.07 Å². The summed E-state index contributed by atoms with van der Waals surface area (Å²) in [4.78, 5) is 4.57. The molecule has 0 saturated carbocycles. The summed E-state index contributed by atoms with van der Waals surface area (Å²) in [5.74, 6) is 0. The van der Waals surface area contributed by atoms with Crippen LogP contribution in [-0.4, -0.2) is 5.71 Å². The van der Waals surface area contributed by atoms with Gasteiger partial charge in [0.1, 0.15) is 0 Å². The molecule has 0 bridgehead atoms. The Morgan fingerprint density at radius 1 is 1.05 bits per heavy atom. The van der Waals surface area contributed by atoms with Gasteiger partial charge in [0.05, 0.1) is 11.6 Å². The van der Waals surface area contributed by atoms with Crippen molar-refractivity contribution in [3.63, 3.8) is 0 Å². The van der Waals surface area contributed by atoms with Gasteiger partial charge >= 0.3 is 6.18 Å². The fourth-order valence-corrected chi connectivity index (χ4v) is 2.69. The Hall–Kier alpha value is -2.10. The van der Waals surface area contributed by atoms with Crippen LogP contribution in [0.2, 0.25) is 0 Å². The lowest BCUT2D eigenvalue weighted by atomic mass is 9.89. The molecule has 0 radical (unpaired) electrons. The molecule has 0 fully saturated rings. The first-order valence-corrected chi connectivity index (χ1v) is 6.75. The van der Waals surface area contributed by atoms with E-state index in [-0.39, 0.29) is 6.04 Å². The van der Waals surface area contributed by atoms with Gasteiger partial charge in [-0.15, -0.1) is 0 Å². The molecule has 1 nitrogen and oxygen atoms in total. The summed E-state index contributed by atoms with van der Waals surface area (Å²) in [6, 6.07) is 13.7. The summed E-state index contributed by atoms with van der Waals surface area (Å²) >= 11 is 0. The van der Waals surface area contributed by atoms with Gasteiger partial charge in [-0.3, -0.25) is 4.99 Å². The van der Waals surface area contributed by atoms with E-state index in [0.717, 1.165) is 17.2 Å². The summed E-state index contributed by atoms with van der Waals surface area (Å²) in [5.41, 5.74) is 2.66. The molecule has 0 aliphatic carbocycles. The molecule has 1 unspecified atom stereocenters. The molecule has 1 atom stereocenters. The number of hydrogen-bond acceptors (Lipinski definition) is 1. The SMILES string of the molecule is CC1=NC(c2ccccc2)Cc2ccc(C(F)(F)F)cc21. The number of aliphatic imine (C=N–C) groups is 1. The van der Waals surface area contributed by atoms with Crippen LogP contribution in [0.1, 0.15) is 35.2 Å². The Morgan fingerprint density at radius 3 is 2.43 bits per heavy atom. The highest BCUT2D eigenvalue weighted by molar-refractivity contribution is 6.01. The molecule has 1 aliphatic heterocycles. The molecule has 0 saturated heterocycles. The molecule has 0 amide bonds. The Morgan fingerprint density at radius 2 is 1.76 bits per heavy atom. The predicted octanol–water partition coefficient (Wildman–Crippen LogP) is 4.81. The number of benzene rings is 2. The van der Waals surface area contributed by atoms with Crippen LogP contribution in [0, 0.1) is 0 Å². The van der Waals surface area contributed by atoms with Crippen LogP contribution in [0.3, 0.4) is 0 Å². The van der Waals surface area contributed by atoms with Crippen molar-refractivity contribution in [1.29, 1.82) is 0 Å². The van der Waals surface area contributed by atoms with Crippen LogP contribution in [0.4, 0.5) is 13.2 Å². The molecule has 0 aromatic heterocycles. The molecule has 108 valence electrons. The third kappa shape index (κ3) is 2.71. The fourth-order valence-electron chi connectivity index (χ4n) is 2.69. The van der Waals surface area contributed by atoms with Gasteiger partial charge in [-0.05, 0) is 42.2 Å². The van der Waals surface area contributed by atoms with Gasteiger partial charge in [0.2, 0.25) is 0 Å². The van der Waals surface area contributed by atoms with Crippen LogP contribution in [0.15, 0.2) is 53.5 Å². The van der Waals surface area contributed by atoms with Crippen molar-refractivity contribution in [2.75, 3.05) is 0 Å². The van der Waals surface area contributed by atoms with Crippen molar-refractivity contribution in [1.82, 2.24) is 0 Å². The second-order valence-electron chi connectivity index (χ2n) is 5.21. The molecule has 1 aliphatic rings. The normalized spacial score (nSPS) is 18.1. The standard InChI is InChI=1S/C17H14F3N/c1-11-15-10-14(17(18,19)20)8-7-13(15)9-16(21-11)12-5-3-2-4-6-12/h2-8,10,16H,9H2,1H3. The predicted molar refractivity (Wildman–Crippen MR) is 76.5 cm³/mol. The summed E-state index contributed by atoms with van der Waals surface area (Å²) in [7, 11) is 0. The molecule has 0 N–H and O–H groups in total. The largest absolute Gasteiger partial charge is 0.416 e. The highest BCUT2D eigenvalue weighted by Crippen LogP contribution is 2.34. The van der Waals surface area contributed by atoms with Crippen molar-refractivity contribution in [2.45, 2.75) is 25.6 Å². The maximum atomic E-state index is 12.8. The molecular weight excluding hydrogens is 275 g/mol. The van der Waals surface area contributed by atoms with E-state index in [4.69, 9.17) is 0 Å². The smallest absolute Gasteiger partial charge is 0.281 e. The van der Waals surface area contributed by atoms with Crippen LogP contribution >= 0.6 is 0 Å². The Bertz CT molecular complexity index is 687. The number of hydrogen-bond donors (Lipinski definition) is 0. The lowest BCUT2D eigenvalue weighted by molar-refractivity contribution is -0.137. The summed E-state index contributed by atoms with van der Waals surface area (Å²) in [6.07, 6.45) is -3.68. The lowest BCUT2D eigenvalue weighted by Crippen LogP contribution is -2.16. The average Bonchev–Trinajstić information content (AvgIpc) is 2.47. The second-order valence-corrected chi connectivity index (χ2v) is 5.21. The zero-order valence-electron chi connectivity index (χ0n) is 11.5. The average molecular weight is 289 g/mol. The Kier molecular flexibility index (Phi) is 3.32. The lowest BCUT2D eigenvalue weighted by Gasteiger charge is -2.23. The van der Waals surface area contributed by atoms with Crippen molar-refractivity contribution >= 4 is 5.71 Å². The first-order valence-electron chi connectivity index (χ1n) is 6.75. The maximum absolute atomic E-state index is 12.8. The number of fused-ring (bicyclic) bond motifs is 1. The molecule has 21 heavy (non-hydrogen) atoms. The van der Waals surface area contributed by atoms with Gasteiger partial charge in [0.25, 0.3) is 0 Å². The second kappa shape index (κ2) is 5.02. The van der Waals surface area contributed by atoms with Gasteiger partial charge in [0.15, 0.2) is 0 Å². The molecule has 3 rings (SSSR count). The minimum absolute atomic E-state index is 0.0181. The zero-order chi connectivity index (χ0) is 15.0. The molecule has 2 aromatic carbocycles. The van der Waals surface area contributed by atoms with Crippen molar-refractivity contribution in [3.05, 3.63) is 70.8 Å². The minimum Gasteiger partial charge on any atom is -0.281 e. The van der Waals surface area contributed by atoms with Crippen LogP contribution in [0.5, 0.6) is 0 Å². The van der Waals surface area contributed by atoms with E-state index in [0.29, 0.717) is 17.7 Å². The number of nitrogens with zero attached hydrogens (tertiary/aromatic N) is 1. The van der Waals surface area contributed by atoms with E-state index in [1.807, 2.05) is 30.3 Å². The molecular formula is C17H14F3N.